The molecule has 186 valence electrons. The van der Waals surface area contributed by atoms with Gasteiger partial charge in [0, 0.05) is 25.7 Å². The third-order valence-electron chi connectivity index (χ3n) is 5.13. The number of halogens is 2. The SMILES string of the molecule is COc1ccc(CN(C[C@@H]2CCCO2)C(=O)NC(C)C)cc1OS(=O)(=O)c1ccc(Cl)c(Cl)c1. The van der Waals surface area contributed by atoms with Gasteiger partial charge in [-0.15, -0.1) is 0 Å². The predicted octanol–water partition coefficient (Wildman–Crippen LogP) is 4.87. The van der Waals surface area contributed by atoms with Gasteiger partial charge in [-0.3, -0.25) is 0 Å². The first-order valence-corrected chi connectivity index (χ1v) is 13.0. The maximum atomic E-state index is 12.9. The van der Waals surface area contributed by atoms with E-state index in [1.807, 2.05) is 13.8 Å². The van der Waals surface area contributed by atoms with Crippen molar-refractivity contribution >= 4 is 39.4 Å². The van der Waals surface area contributed by atoms with Crippen molar-refractivity contribution in [3.8, 4) is 11.5 Å². The Hall–Kier alpha value is -2.20. The highest BCUT2D eigenvalue weighted by atomic mass is 35.5. The van der Waals surface area contributed by atoms with Crippen molar-refractivity contribution in [2.24, 2.45) is 0 Å². The normalized spacial score (nSPS) is 15.9. The van der Waals surface area contributed by atoms with Crippen LogP contribution in [-0.2, 0) is 21.4 Å². The van der Waals surface area contributed by atoms with Crippen LogP contribution in [0.25, 0.3) is 0 Å². The molecular weight excluding hydrogens is 503 g/mol. The van der Waals surface area contributed by atoms with Crippen LogP contribution in [0.4, 0.5) is 4.79 Å². The van der Waals surface area contributed by atoms with Crippen LogP contribution in [0.5, 0.6) is 11.5 Å². The number of nitrogens with one attached hydrogen (secondary N) is 1. The zero-order valence-corrected chi connectivity index (χ0v) is 21.5. The lowest BCUT2D eigenvalue weighted by Crippen LogP contribution is -2.45. The Bertz CT molecular complexity index is 1120. The summed E-state index contributed by atoms with van der Waals surface area (Å²) in [4.78, 5) is 14.3. The van der Waals surface area contributed by atoms with Gasteiger partial charge in [-0.05, 0) is 62.6 Å². The molecule has 8 nitrogen and oxygen atoms in total. The van der Waals surface area contributed by atoms with E-state index in [4.69, 9.17) is 36.9 Å². The summed E-state index contributed by atoms with van der Waals surface area (Å²) in [5.41, 5.74) is 0.664. The van der Waals surface area contributed by atoms with Gasteiger partial charge >= 0.3 is 16.1 Å². The summed E-state index contributed by atoms with van der Waals surface area (Å²) in [5.74, 6) is 0.220. The van der Waals surface area contributed by atoms with Crippen LogP contribution in [-0.4, -0.2) is 51.8 Å². The van der Waals surface area contributed by atoms with Crippen LogP contribution >= 0.6 is 23.2 Å². The summed E-state index contributed by atoms with van der Waals surface area (Å²) in [6.07, 6.45) is 1.80. The second-order valence-electron chi connectivity index (χ2n) is 8.22. The van der Waals surface area contributed by atoms with Gasteiger partial charge in [0.05, 0.1) is 23.3 Å². The lowest BCUT2D eigenvalue weighted by molar-refractivity contribution is 0.0791. The second-order valence-corrected chi connectivity index (χ2v) is 10.6. The Balaban J connectivity index is 1.85. The summed E-state index contributed by atoms with van der Waals surface area (Å²) in [7, 11) is -2.81. The predicted molar refractivity (Wildman–Crippen MR) is 130 cm³/mol. The highest BCUT2D eigenvalue weighted by Gasteiger charge is 2.25. The molecule has 0 aliphatic carbocycles. The van der Waals surface area contributed by atoms with Gasteiger partial charge in [-0.1, -0.05) is 29.3 Å². The number of carbonyl (C=O) groups is 1. The Labute approximate surface area is 210 Å². The minimum absolute atomic E-state index is 0.00703. The molecule has 1 heterocycles. The van der Waals surface area contributed by atoms with Crippen LogP contribution in [0.1, 0.15) is 32.3 Å². The third-order valence-corrected chi connectivity index (χ3v) is 7.10. The number of hydrogen-bond donors (Lipinski definition) is 1. The van der Waals surface area contributed by atoms with Crippen molar-refractivity contribution in [1.82, 2.24) is 10.2 Å². The molecule has 0 spiro atoms. The fourth-order valence-corrected chi connectivity index (χ4v) is 4.82. The van der Waals surface area contributed by atoms with Crippen LogP contribution in [0.15, 0.2) is 41.3 Å². The molecule has 2 aromatic rings. The van der Waals surface area contributed by atoms with E-state index in [1.165, 1.54) is 25.3 Å². The molecule has 3 rings (SSSR count). The molecule has 0 radical (unpaired) electrons. The van der Waals surface area contributed by atoms with E-state index in [2.05, 4.69) is 5.32 Å². The number of amides is 2. The number of carbonyl (C=O) groups excluding carboxylic acids is 1. The molecule has 0 unspecified atom stereocenters. The van der Waals surface area contributed by atoms with Crippen molar-refractivity contribution in [3.63, 3.8) is 0 Å². The van der Waals surface area contributed by atoms with Gasteiger partial charge < -0.3 is 23.9 Å². The average molecular weight is 531 g/mol. The highest BCUT2D eigenvalue weighted by molar-refractivity contribution is 7.87. The van der Waals surface area contributed by atoms with E-state index >= 15 is 0 Å². The number of methoxy groups -OCH3 is 1. The lowest BCUT2D eigenvalue weighted by Gasteiger charge is -2.27. The Morgan fingerprint density at radius 1 is 1.18 bits per heavy atom. The maximum Gasteiger partial charge on any atom is 0.339 e. The van der Waals surface area contributed by atoms with Crippen molar-refractivity contribution in [1.29, 1.82) is 0 Å². The molecule has 1 fully saturated rings. The molecule has 2 amide bonds. The van der Waals surface area contributed by atoms with Gasteiger partial charge in [0.2, 0.25) is 0 Å². The fraction of sp³-hybridized carbons (Fsp3) is 0.435. The van der Waals surface area contributed by atoms with E-state index in [1.54, 1.807) is 23.1 Å². The van der Waals surface area contributed by atoms with Crippen molar-refractivity contribution in [3.05, 3.63) is 52.0 Å². The zero-order chi connectivity index (χ0) is 24.9. The summed E-state index contributed by atoms with van der Waals surface area (Å²) in [6.45, 7) is 5.09. The number of urea groups is 1. The van der Waals surface area contributed by atoms with Gasteiger partial charge in [0.25, 0.3) is 0 Å². The fourth-order valence-electron chi connectivity index (χ4n) is 3.50. The standard InChI is InChI=1S/C23H28Cl2N2O6S/c1-15(2)26-23(28)27(14-17-5-4-10-32-17)13-16-6-9-21(31-3)22(11-16)33-34(29,30)18-7-8-19(24)20(25)12-18/h6-9,11-12,15,17H,4-5,10,13-14H2,1-3H3,(H,26,28)/t17-/m0/s1. The van der Waals surface area contributed by atoms with Gasteiger partial charge in [0.15, 0.2) is 11.5 Å². The molecule has 1 saturated heterocycles. The van der Waals surface area contributed by atoms with Crippen LogP contribution < -0.4 is 14.2 Å². The largest absolute Gasteiger partial charge is 0.493 e. The number of nitrogens with zero attached hydrogens (tertiary/aromatic N) is 1. The summed E-state index contributed by atoms with van der Waals surface area (Å²) < 4.78 is 42.1. The first-order valence-electron chi connectivity index (χ1n) is 10.8. The smallest absolute Gasteiger partial charge is 0.339 e. The number of hydrogen-bond acceptors (Lipinski definition) is 6. The molecule has 1 N–H and O–H groups in total. The first kappa shape index (κ1) is 26.4. The number of benzene rings is 2. The minimum Gasteiger partial charge on any atom is -0.493 e. The molecule has 34 heavy (non-hydrogen) atoms. The monoisotopic (exact) mass is 530 g/mol. The quantitative estimate of drug-likeness (QED) is 0.464. The van der Waals surface area contributed by atoms with E-state index < -0.39 is 10.1 Å². The summed E-state index contributed by atoms with van der Waals surface area (Å²) in [6, 6.07) is 8.53. The number of ether oxygens (including phenoxy) is 2. The van der Waals surface area contributed by atoms with Crippen molar-refractivity contribution in [2.75, 3.05) is 20.3 Å². The van der Waals surface area contributed by atoms with Gasteiger partial charge in [-0.25, -0.2) is 4.79 Å². The molecule has 11 heteroatoms. The van der Waals surface area contributed by atoms with E-state index in [0.29, 0.717) is 18.7 Å². The van der Waals surface area contributed by atoms with E-state index in [0.717, 1.165) is 12.8 Å². The van der Waals surface area contributed by atoms with Crippen molar-refractivity contribution in [2.45, 2.75) is 50.3 Å². The molecule has 1 aliphatic rings. The second kappa shape index (κ2) is 11.5. The molecule has 2 aromatic carbocycles. The summed E-state index contributed by atoms with van der Waals surface area (Å²) in [5, 5.41) is 3.22. The molecular formula is C23H28Cl2N2O6S. The lowest BCUT2D eigenvalue weighted by atomic mass is 10.1. The first-order chi connectivity index (χ1) is 16.1. The van der Waals surface area contributed by atoms with Crippen molar-refractivity contribution < 1.29 is 26.9 Å². The molecule has 0 aromatic heterocycles. The van der Waals surface area contributed by atoms with E-state index in [9.17, 15) is 13.2 Å². The highest BCUT2D eigenvalue weighted by Crippen LogP contribution is 2.33. The number of rotatable bonds is 9. The molecule has 1 atom stereocenters. The van der Waals surface area contributed by atoms with Crippen LogP contribution in [0.2, 0.25) is 10.0 Å². The molecule has 0 saturated carbocycles. The average Bonchev–Trinajstić information content (AvgIpc) is 3.28. The molecule has 0 bridgehead atoms. The van der Waals surface area contributed by atoms with Gasteiger partial charge in [-0.2, -0.15) is 8.42 Å². The van der Waals surface area contributed by atoms with Gasteiger partial charge in [0.1, 0.15) is 4.90 Å². The molecule has 1 aliphatic heterocycles. The zero-order valence-electron chi connectivity index (χ0n) is 19.2. The van der Waals surface area contributed by atoms with Crippen LogP contribution in [0.3, 0.4) is 0 Å². The topological polar surface area (TPSA) is 94.2 Å². The minimum atomic E-state index is -4.22. The van der Waals surface area contributed by atoms with E-state index in [-0.39, 0.29) is 51.2 Å². The van der Waals surface area contributed by atoms with Crippen LogP contribution in [0, 0.1) is 0 Å². The Morgan fingerprint density at radius 2 is 1.94 bits per heavy atom. The summed E-state index contributed by atoms with van der Waals surface area (Å²) >= 11 is 11.9. The third kappa shape index (κ3) is 6.91. The maximum absolute atomic E-state index is 12.9. The Kier molecular flexibility index (Phi) is 8.92. The Morgan fingerprint density at radius 3 is 2.56 bits per heavy atom.